The quantitative estimate of drug-likeness (QED) is 0.698. The Hall–Kier alpha value is -1.09. The molecule has 1 aliphatic rings. The Bertz CT molecular complexity index is 298. The lowest BCUT2D eigenvalue weighted by atomic mass is 10.0. The molecule has 2 heterocycles. The molecule has 3 nitrogen and oxygen atoms in total. The molecule has 0 saturated carbocycles. The van der Waals surface area contributed by atoms with E-state index in [2.05, 4.69) is 16.9 Å². The molecule has 0 radical (unpaired) electrons. The fraction of sp³-hybridized carbons (Fsp3) is 0.500. The average Bonchev–Trinajstić information content (AvgIpc) is 2.52. The maximum Gasteiger partial charge on any atom is 0.0503 e. The predicted octanol–water partition coefficient (Wildman–Crippen LogP) is 1.08. The SMILES string of the molecule is CN1CCC(c2cncc(N)c2)C1. The van der Waals surface area contributed by atoms with Crippen LogP contribution >= 0.6 is 0 Å². The molecule has 0 bridgehead atoms. The number of nitrogens with two attached hydrogens (primary N) is 1. The van der Waals surface area contributed by atoms with Gasteiger partial charge < -0.3 is 10.6 Å². The Balaban J connectivity index is 2.16. The van der Waals surface area contributed by atoms with Gasteiger partial charge in [-0.2, -0.15) is 0 Å². The Morgan fingerprint density at radius 1 is 1.54 bits per heavy atom. The topological polar surface area (TPSA) is 42.2 Å². The smallest absolute Gasteiger partial charge is 0.0503 e. The third-order valence-electron chi connectivity index (χ3n) is 2.64. The summed E-state index contributed by atoms with van der Waals surface area (Å²) in [4.78, 5) is 6.45. The Kier molecular flexibility index (Phi) is 2.19. The van der Waals surface area contributed by atoms with E-state index in [1.807, 2.05) is 12.3 Å². The van der Waals surface area contributed by atoms with E-state index >= 15 is 0 Å². The van der Waals surface area contributed by atoms with Crippen LogP contribution in [0.5, 0.6) is 0 Å². The lowest BCUT2D eigenvalue weighted by Crippen LogP contribution is -2.13. The van der Waals surface area contributed by atoms with Gasteiger partial charge in [-0.1, -0.05) is 0 Å². The van der Waals surface area contributed by atoms with Crippen molar-refractivity contribution in [1.82, 2.24) is 9.88 Å². The van der Waals surface area contributed by atoms with E-state index in [4.69, 9.17) is 5.73 Å². The third-order valence-corrected chi connectivity index (χ3v) is 2.64. The highest BCUT2D eigenvalue weighted by Crippen LogP contribution is 2.26. The highest BCUT2D eigenvalue weighted by Gasteiger charge is 2.21. The van der Waals surface area contributed by atoms with Gasteiger partial charge in [0.2, 0.25) is 0 Å². The molecule has 1 saturated heterocycles. The monoisotopic (exact) mass is 177 g/mol. The van der Waals surface area contributed by atoms with Crippen molar-refractivity contribution in [3.05, 3.63) is 24.0 Å². The normalized spacial score (nSPS) is 23.6. The van der Waals surface area contributed by atoms with Gasteiger partial charge in [-0.3, -0.25) is 4.98 Å². The second kappa shape index (κ2) is 3.34. The molecule has 0 spiro atoms. The molecule has 0 aromatic carbocycles. The van der Waals surface area contributed by atoms with E-state index in [9.17, 15) is 0 Å². The standard InChI is InChI=1S/C10H15N3/c1-13-3-2-8(7-13)9-4-10(11)6-12-5-9/h4-6,8H,2-3,7,11H2,1H3. The number of nitrogens with zero attached hydrogens (tertiary/aromatic N) is 2. The Morgan fingerprint density at radius 2 is 2.38 bits per heavy atom. The highest BCUT2D eigenvalue weighted by molar-refractivity contribution is 5.38. The number of aromatic nitrogens is 1. The first-order valence-corrected chi connectivity index (χ1v) is 4.64. The predicted molar refractivity (Wildman–Crippen MR) is 53.5 cm³/mol. The number of nitrogen functional groups attached to an aromatic ring is 1. The Labute approximate surface area is 78.6 Å². The van der Waals surface area contributed by atoms with E-state index < -0.39 is 0 Å². The molecule has 0 aliphatic carbocycles. The van der Waals surface area contributed by atoms with Crippen LogP contribution in [0.2, 0.25) is 0 Å². The lowest BCUT2D eigenvalue weighted by molar-refractivity contribution is 0.411. The molecule has 1 unspecified atom stereocenters. The summed E-state index contributed by atoms with van der Waals surface area (Å²) >= 11 is 0. The van der Waals surface area contributed by atoms with Crippen LogP contribution < -0.4 is 5.73 Å². The van der Waals surface area contributed by atoms with Gasteiger partial charge in [0, 0.05) is 18.9 Å². The number of anilines is 1. The van der Waals surface area contributed by atoms with E-state index in [1.165, 1.54) is 18.5 Å². The third kappa shape index (κ3) is 1.80. The minimum Gasteiger partial charge on any atom is -0.397 e. The van der Waals surface area contributed by atoms with Crippen molar-refractivity contribution >= 4 is 5.69 Å². The number of hydrogen-bond acceptors (Lipinski definition) is 3. The van der Waals surface area contributed by atoms with Crippen molar-refractivity contribution in [2.24, 2.45) is 0 Å². The van der Waals surface area contributed by atoms with Crippen LogP contribution in [0.4, 0.5) is 5.69 Å². The molecule has 1 atom stereocenters. The van der Waals surface area contributed by atoms with E-state index in [1.54, 1.807) is 6.20 Å². The summed E-state index contributed by atoms with van der Waals surface area (Å²) in [6.45, 7) is 2.31. The van der Waals surface area contributed by atoms with Crippen LogP contribution in [0.15, 0.2) is 18.5 Å². The van der Waals surface area contributed by atoms with Crippen molar-refractivity contribution in [2.75, 3.05) is 25.9 Å². The highest BCUT2D eigenvalue weighted by atomic mass is 15.1. The van der Waals surface area contributed by atoms with Gasteiger partial charge in [0.05, 0.1) is 5.69 Å². The van der Waals surface area contributed by atoms with Crippen molar-refractivity contribution in [1.29, 1.82) is 0 Å². The molecule has 1 aromatic rings. The van der Waals surface area contributed by atoms with Crippen LogP contribution in [0.25, 0.3) is 0 Å². The maximum absolute atomic E-state index is 5.68. The van der Waals surface area contributed by atoms with Crippen molar-refractivity contribution in [3.63, 3.8) is 0 Å². The molecule has 1 fully saturated rings. The molecule has 2 rings (SSSR count). The van der Waals surface area contributed by atoms with E-state index in [-0.39, 0.29) is 0 Å². The molecule has 2 N–H and O–H groups in total. The summed E-state index contributed by atoms with van der Waals surface area (Å²) in [5, 5.41) is 0. The van der Waals surface area contributed by atoms with Crippen molar-refractivity contribution in [3.8, 4) is 0 Å². The first kappa shape index (κ1) is 8.51. The van der Waals surface area contributed by atoms with Gasteiger partial charge in [0.25, 0.3) is 0 Å². The molecule has 13 heavy (non-hydrogen) atoms. The maximum atomic E-state index is 5.68. The van der Waals surface area contributed by atoms with Crippen LogP contribution in [0.1, 0.15) is 17.9 Å². The molecular formula is C10H15N3. The van der Waals surface area contributed by atoms with Crippen molar-refractivity contribution in [2.45, 2.75) is 12.3 Å². The summed E-state index contributed by atoms with van der Waals surface area (Å²) in [5.74, 6) is 0.626. The van der Waals surface area contributed by atoms with Gasteiger partial charge in [0.15, 0.2) is 0 Å². The summed E-state index contributed by atoms with van der Waals surface area (Å²) < 4.78 is 0. The minimum atomic E-state index is 0.626. The zero-order valence-corrected chi connectivity index (χ0v) is 7.90. The summed E-state index contributed by atoms with van der Waals surface area (Å²) in [5.41, 5.74) is 7.74. The van der Waals surface area contributed by atoms with Crippen LogP contribution in [0, 0.1) is 0 Å². The van der Waals surface area contributed by atoms with Crippen LogP contribution in [0.3, 0.4) is 0 Å². The molecule has 70 valence electrons. The Morgan fingerprint density at radius 3 is 3.00 bits per heavy atom. The largest absolute Gasteiger partial charge is 0.397 e. The zero-order valence-electron chi connectivity index (χ0n) is 7.90. The van der Waals surface area contributed by atoms with E-state index in [0.29, 0.717) is 5.92 Å². The van der Waals surface area contributed by atoms with Gasteiger partial charge in [-0.05, 0) is 37.6 Å². The van der Waals surface area contributed by atoms with Crippen molar-refractivity contribution < 1.29 is 0 Å². The number of likely N-dealkylation sites (N-methyl/N-ethyl adjacent to an activating group) is 1. The number of rotatable bonds is 1. The molecule has 1 aliphatic heterocycles. The summed E-state index contributed by atoms with van der Waals surface area (Å²) in [6.07, 6.45) is 4.85. The number of likely N-dealkylation sites (tertiary alicyclic amines) is 1. The molecule has 0 amide bonds. The second-order valence-corrected chi connectivity index (χ2v) is 3.80. The number of pyridine rings is 1. The number of hydrogen-bond donors (Lipinski definition) is 1. The van der Waals surface area contributed by atoms with Gasteiger partial charge in [-0.15, -0.1) is 0 Å². The van der Waals surface area contributed by atoms with Gasteiger partial charge in [0.1, 0.15) is 0 Å². The summed E-state index contributed by atoms with van der Waals surface area (Å²) in [6, 6.07) is 2.04. The summed E-state index contributed by atoms with van der Waals surface area (Å²) in [7, 11) is 2.15. The van der Waals surface area contributed by atoms with Crippen LogP contribution in [-0.2, 0) is 0 Å². The van der Waals surface area contributed by atoms with E-state index in [0.717, 1.165) is 12.2 Å². The minimum absolute atomic E-state index is 0.626. The average molecular weight is 177 g/mol. The molecule has 3 heteroatoms. The molecule has 1 aromatic heterocycles. The fourth-order valence-electron chi connectivity index (χ4n) is 1.91. The van der Waals surface area contributed by atoms with Crippen LogP contribution in [-0.4, -0.2) is 30.0 Å². The van der Waals surface area contributed by atoms with Gasteiger partial charge >= 0.3 is 0 Å². The van der Waals surface area contributed by atoms with Gasteiger partial charge in [-0.25, -0.2) is 0 Å². The first-order valence-electron chi connectivity index (χ1n) is 4.64. The second-order valence-electron chi connectivity index (χ2n) is 3.80. The molecular weight excluding hydrogens is 162 g/mol. The first-order chi connectivity index (χ1) is 6.25. The zero-order chi connectivity index (χ0) is 9.26. The fourth-order valence-corrected chi connectivity index (χ4v) is 1.91. The lowest BCUT2D eigenvalue weighted by Gasteiger charge is -2.10.